The van der Waals surface area contributed by atoms with Crippen LogP contribution in [0.1, 0.15) is 90.2 Å². The minimum absolute atomic E-state index is 0.817. The second-order valence-corrected chi connectivity index (χ2v) is 9.13. The Hall–Kier alpha value is -1.76. The molecule has 0 saturated heterocycles. The van der Waals surface area contributed by atoms with Crippen LogP contribution < -0.4 is 0 Å². The Kier molecular flexibility index (Phi) is 8.21. The lowest BCUT2D eigenvalue weighted by atomic mass is 9.90. The van der Waals surface area contributed by atoms with Crippen molar-refractivity contribution in [2.75, 3.05) is 0 Å². The molecule has 3 aromatic rings. The number of nitrogens with one attached hydrogen (secondary N) is 1. The highest BCUT2D eigenvalue weighted by Crippen LogP contribution is 2.30. The maximum atomic E-state index is 3.64. The Morgan fingerprint density at radius 3 is 1.48 bits per heavy atom. The second kappa shape index (κ2) is 10.9. The predicted molar refractivity (Wildman–Crippen MR) is 130 cm³/mol. The van der Waals surface area contributed by atoms with E-state index in [1.165, 1.54) is 97.1 Å². The van der Waals surface area contributed by atoms with E-state index in [1.54, 1.807) is 0 Å². The number of fused-ring (bicyclic) bond motifs is 3. The first-order valence-corrected chi connectivity index (χ1v) is 12.2. The lowest BCUT2D eigenvalue weighted by Crippen LogP contribution is -2.03. The summed E-state index contributed by atoms with van der Waals surface area (Å²) in [7, 11) is 0. The van der Waals surface area contributed by atoms with Crippen molar-refractivity contribution in [1.82, 2.24) is 4.98 Å². The molecule has 1 nitrogen and oxygen atoms in total. The van der Waals surface area contributed by atoms with Crippen LogP contribution >= 0.6 is 0 Å². The largest absolute Gasteiger partial charge is 0.355 e. The first-order valence-electron chi connectivity index (χ1n) is 12.2. The highest BCUT2D eigenvalue weighted by Gasteiger charge is 2.12. The van der Waals surface area contributed by atoms with Crippen LogP contribution in [0, 0.1) is 11.8 Å². The van der Waals surface area contributed by atoms with Gasteiger partial charge < -0.3 is 4.98 Å². The average Bonchev–Trinajstić information content (AvgIpc) is 3.11. The molecule has 1 aromatic heterocycles. The van der Waals surface area contributed by atoms with Crippen molar-refractivity contribution in [3.63, 3.8) is 0 Å². The highest BCUT2D eigenvalue weighted by molar-refractivity contribution is 6.07. The third-order valence-electron chi connectivity index (χ3n) is 6.86. The summed E-state index contributed by atoms with van der Waals surface area (Å²) < 4.78 is 0. The molecule has 2 atom stereocenters. The average molecular weight is 392 g/mol. The Balaban J connectivity index is 1.85. The van der Waals surface area contributed by atoms with E-state index in [-0.39, 0.29) is 0 Å². The molecule has 2 aromatic carbocycles. The van der Waals surface area contributed by atoms with Gasteiger partial charge in [0.25, 0.3) is 0 Å². The molecule has 0 aliphatic rings. The van der Waals surface area contributed by atoms with Crippen molar-refractivity contribution >= 4 is 21.8 Å². The van der Waals surface area contributed by atoms with Gasteiger partial charge in [0, 0.05) is 21.8 Å². The summed E-state index contributed by atoms with van der Waals surface area (Å²) in [6.45, 7) is 9.29. The zero-order chi connectivity index (χ0) is 20.6. The minimum Gasteiger partial charge on any atom is -0.355 e. The summed E-state index contributed by atoms with van der Waals surface area (Å²) in [4.78, 5) is 3.64. The summed E-state index contributed by atoms with van der Waals surface area (Å²) >= 11 is 0. The number of hydrogen-bond acceptors (Lipinski definition) is 0. The van der Waals surface area contributed by atoms with Gasteiger partial charge >= 0.3 is 0 Å². The van der Waals surface area contributed by atoms with Gasteiger partial charge in [-0.15, -0.1) is 0 Å². The summed E-state index contributed by atoms with van der Waals surface area (Å²) in [5, 5.41) is 2.82. The molecule has 29 heavy (non-hydrogen) atoms. The van der Waals surface area contributed by atoms with Crippen LogP contribution in [0.25, 0.3) is 21.8 Å². The van der Waals surface area contributed by atoms with Gasteiger partial charge in [-0.2, -0.15) is 0 Å². The maximum Gasteiger partial charge on any atom is 0.0465 e. The molecular formula is C28H41N. The highest BCUT2D eigenvalue weighted by atomic mass is 14.7. The minimum atomic E-state index is 0.817. The van der Waals surface area contributed by atoms with Gasteiger partial charge in [0.1, 0.15) is 0 Å². The lowest BCUT2D eigenvalue weighted by molar-refractivity contribution is 0.449. The van der Waals surface area contributed by atoms with Crippen LogP contribution in [0.2, 0.25) is 0 Å². The SMILES string of the molecule is CCCCC(CC)Cc1ccc2[nH]c3ccc(CC(CC)CCCC)cc3c2c1. The maximum absolute atomic E-state index is 3.64. The normalized spacial score (nSPS) is 13.9. The van der Waals surface area contributed by atoms with E-state index in [1.807, 2.05) is 0 Å². The molecule has 158 valence electrons. The third kappa shape index (κ3) is 5.65. The topological polar surface area (TPSA) is 15.8 Å². The van der Waals surface area contributed by atoms with E-state index in [9.17, 15) is 0 Å². The smallest absolute Gasteiger partial charge is 0.0465 e. The molecule has 0 aliphatic carbocycles. The van der Waals surface area contributed by atoms with Crippen molar-refractivity contribution in [1.29, 1.82) is 0 Å². The Morgan fingerprint density at radius 1 is 0.655 bits per heavy atom. The van der Waals surface area contributed by atoms with Gasteiger partial charge in [-0.1, -0.05) is 91.2 Å². The van der Waals surface area contributed by atoms with Crippen LogP contribution in [0.5, 0.6) is 0 Å². The fourth-order valence-corrected chi connectivity index (χ4v) is 4.80. The van der Waals surface area contributed by atoms with Crippen molar-refractivity contribution in [2.45, 2.75) is 91.9 Å². The Labute approximate surface area is 178 Å². The van der Waals surface area contributed by atoms with Gasteiger partial charge in [-0.05, 0) is 60.1 Å². The number of unbranched alkanes of at least 4 members (excludes halogenated alkanes) is 2. The number of hydrogen-bond donors (Lipinski definition) is 1. The van der Waals surface area contributed by atoms with E-state index < -0.39 is 0 Å². The van der Waals surface area contributed by atoms with Crippen molar-refractivity contribution < 1.29 is 0 Å². The lowest BCUT2D eigenvalue weighted by Gasteiger charge is -2.15. The summed E-state index contributed by atoms with van der Waals surface area (Å²) in [6.07, 6.45) is 13.0. The molecule has 1 N–H and O–H groups in total. The van der Waals surface area contributed by atoms with Crippen molar-refractivity contribution in [3.05, 3.63) is 47.5 Å². The van der Waals surface area contributed by atoms with E-state index >= 15 is 0 Å². The van der Waals surface area contributed by atoms with Crippen LogP contribution in [0.15, 0.2) is 36.4 Å². The van der Waals surface area contributed by atoms with E-state index in [2.05, 4.69) is 69.1 Å². The monoisotopic (exact) mass is 391 g/mol. The molecule has 3 rings (SSSR count). The van der Waals surface area contributed by atoms with Crippen LogP contribution in [0.4, 0.5) is 0 Å². The predicted octanol–water partition coefficient (Wildman–Crippen LogP) is 8.84. The zero-order valence-electron chi connectivity index (χ0n) is 19.2. The molecule has 1 heterocycles. The summed E-state index contributed by atoms with van der Waals surface area (Å²) in [6, 6.07) is 14.2. The molecule has 0 saturated carbocycles. The molecule has 0 aliphatic heterocycles. The fourth-order valence-electron chi connectivity index (χ4n) is 4.80. The molecule has 0 spiro atoms. The molecule has 0 fully saturated rings. The van der Waals surface area contributed by atoms with E-state index in [0.29, 0.717) is 0 Å². The van der Waals surface area contributed by atoms with Crippen LogP contribution in [0.3, 0.4) is 0 Å². The number of aromatic nitrogens is 1. The van der Waals surface area contributed by atoms with Gasteiger partial charge in [-0.25, -0.2) is 0 Å². The van der Waals surface area contributed by atoms with Gasteiger partial charge in [0.05, 0.1) is 0 Å². The molecule has 0 bridgehead atoms. The fraction of sp³-hybridized carbons (Fsp3) is 0.571. The summed E-state index contributed by atoms with van der Waals surface area (Å²) in [5.74, 6) is 1.63. The first kappa shape index (κ1) is 21.9. The van der Waals surface area contributed by atoms with Crippen LogP contribution in [-0.2, 0) is 12.8 Å². The third-order valence-corrected chi connectivity index (χ3v) is 6.86. The number of H-pyrrole nitrogens is 1. The Morgan fingerprint density at radius 2 is 1.10 bits per heavy atom. The molecule has 0 radical (unpaired) electrons. The van der Waals surface area contributed by atoms with Crippen molar-refractivity contribution in [3.8, 4) is 0 Å². The van der Waals surface area contributed by atoms with Gasteiger partial charge in [0.15, 0.2) is 0 Å². The Bertz CT molecular complexity index is 816. The zero-order valence-corrected chi connectivity index (χ0v) is 19.2. The molecule has 1 heteroatoms. The molecule has 0 amide bonds. The van der Waals surface area contributed by atoms with Crippen LogP contribution in [-0.4, -0.2) is 4.98 Å². The quantitative estimate of drug-likeness (QED) is 0.317. The van der Waals surface area contributed by atoms with Crippen molar-refractivity contribution in [2.24, 2.45) is 11.8 Å². The molecular weight excluding hydrogens is 350 g/mol. The number of benzene rings is 2. The molecule has 2 unspecified atom stereocenters. The second-order valence-electron chi connectivity index (χ2n) is 9.13. The first-order chi connectivity index (χ1) is 14.2. The number of aromatic amines is 1. The van der Waals surface area contributed by atoms with Gasteiger partial charge in [-0.3, -0.25) is 0 Å². The summed E-state index contributed by atoms with van der Waals surface area (Å²) in [5.41, 5.74) is 5.56. The van der Waals surface area contributed by atoms with E-state index in [0.717, 1.165) is 11.8 Å². The standard InChI is InChI=1S/C28H41N/c1-5-9-11-21(7-3)17-23-13-15-27-25(19-23)26-20-24(14-16-28(26)29-27)18-22(8-4)12-10-6-2/h13-16,19-22,29H,5-12,17-18H2,1-4H3. The van der Waals surface area contributed by atoms with Gasteiger partial charge in [0.2, 0.25) is 0 Å². The van der Waals surface area contributed by atoms with E-state index in [4.69, 9.17) is 0 Å². The number of rotatable bonds is 12.